The van der Waals surface area contributed by atoms with Crippen LogP contribution in [-0.2, 0) is 11.3 Å². The summed E-state index contributed by atoms with van der Waals surface area (Å²) in [7, 11) is 0. The lowest BCUT2D eigenvalue weighted by Gasteiger charge is -2.21. The molecule has 0 radical (unpaired) electrons. The third-order valence-corrected chi connectivity index (χ3v) is 3.80. The smallest absolute Gasteiger partial charge is 0.187 e. The van der Waals surface area contributed by atoms with Gasteiger partial charge in [0.25, 0.3) is 0 Å². The first-order chi connectivity index (χ1) is 8.86. The van der Waals surface area contributed by atoms with Crippen LogP contribution in [0.15, 0.2) is 35.3 Å². The second kappa shape index (κ2) is 5.11. The van der Waals surface area contributed by atoms with Crippen molar-refractivity contribution in [2.45, 2.75) is 50.7 Å². The van der Waals surface area contributed by atoms with Gasteiger partial charge >= 0.3 is 0 Å². The van der Waals surface area contributed by atoms with Gasteiger partial charge in [0.1, 0.15) is 5.84 Å². The minimum atomic E-state index is -0.263. The van der Waals surface area contributed by atoms with Gasteiger partial charge < -0.3 is 0 Å². The molecule has 1 fully saturated rings. The predicted molar refractivity (Wildman–Crippen MR) is 72.2 cm³/mol. The van der Waals surface area contributed by atoms with Gasteiger partial charge in [0.05, 0.1) is 0 Å². The summed E-state index contributed by atoms with van der Waals surface area (Å²) in [6, 6.07) is 10.4. The monoisotopic (exact) mass is 244 g/mol. The molecule has 1 aliphatic carbocycles. The van der Waals surface area contributed by atoms with Crippen LogP contribution in [0.2, 0.25) is 0 Å². The van der Waals surface area contributed by atoms with Crippen LogP contribution < -0.4 is 5.48 Å². The SMILES string of the molecule is c1ccc(CC2=NC3(CCCCCC3)ON2)cc1. The summed E-state index contributed by atoms with van der Waals surface area (Å²) in [5.41, 5.74) is 4.06. The third kappa shape index (κ3) is 2.56. The first-order valence-electron chi connectivity index (χ1n) is 6.93. The Morgan fingerprint density at radius 1 is 1.06 bits per heavy atom. The highest BCUT2D eigenvalue weighted by Gasteiger charge is 2.36. The lowest BCUT2D eigenvalue weighted by Crippen LogP contribution is -2.29. The maximum atomic E-state index is 5.79. The molecule has 0 aromatic heterocycles. The van der Waals surface area contributed by atoms with E-state index >= 15 is 0 Å². The van der Waals surface area contributed by atoms with Crippen molar-refractivity contribution >= 4 is 5.84 Å². The van der Waals surface area contributed by atoms with Crippen LogP contribution >= 0.6 is 0 Å². The van der Waals surface area contributed by atoms with Crippen molar-refractivity contribution in [3.05, 3.63) is 35.9 Å². The van der Waals surface area contributed by atoms with E-state index in [2.05, 4.69) is 29.7 Å². The fourth-order valence-corrected chi connectivity index (χ4v) is 2.81. The first kappa shape index (κ1) is 11.7. The molecule has 1 saturated carbocycles. The number of nitrogens with one attached hydrogen (secondary N) is 1. The van der Waals surface area contributed by atoms with Crippen LogP contribution in [0.1, 0.15) is 44.1 Å². The molecule has 0 atom stereocenters. The van der Waals surface area contributed by atoms with Crippen molar-refractivity contribution < 1.29 is 4.84 Å². The van der Waals surface area contributed by atoms with Crippen molar-refractivity contribution in [2.75, 3.05) is 0 Å². The normalized spacial score (nSPS) is 22.3. The van der Waals surface area contributed by atoms with Gasteiger partial charge in [-0.2, -0.15) is 0 Å². The quantitative estimate of drug-likeness (QED) is 0.866. The fraction of sp³-hybridized carbons (Fsp3) is 0.533. The van der Waals surface area contributed by atoms with Crippen LogP contribution in [0.3, 0.4) is 0 Å². The van der Waals surface area contributed by atoms with Gasteiger partial charge in [-0.15, -0.1) is 0 Å². The highest BCUT2D eigenvalue weighted by atomic mass is 16.7. The minimum Gasteiger partial charge on any atom is -0.250 e. The molecule has 3 heteroatoms. The van der Waals surface area contributed by atoms with E-state index in [0.717, 1.165) is 25.1 Å². The number of benzene rings is 1. The number of hydrogen-bond donors (Lipinski definition) is 1. The Bertz CT molecular complexity index is 419. The van der Waals surface area contributed by atoms with Gasteiger partial charge in [0.15, 0.2) is 5.72 Å². The molecule has 96 valence electrons. The molecule has 0 saturated heterocycles. The third-order valence-electron chi connectivity index (χ3n) is 3.80. The average molecular weight is 244 g/mol. The van der Waals surface area contributed by atoms with Crippen molar-refractivity contribution in [2.24, 2.45) is 4.99 Å². The van der Waals surface area contributed by atoms with Crippen molar-refractivity contribution in [3.63, 3.8) is 0 Å². The number of hydrogen-bond acceptors (Lipinski definition) is 3. The van der Waals surface area contributed by atoms with Gasteiger partial charge in [0, 0.05) is 6.42 Å². The second-order valence-corrected chi connectivity index (χ2v) is 5.29. The molecule has 1 spiro atoms. The molecule has 1 N–H and O–H groups in total. The van der Waals surface area contributed by atoms with Crippen LogP contribution in [0.5, 0.6) is 0 Å². The van der Waals surface area contributed by atoms with E-state index in [1.165, 1.54) is 31.2 Å². The lowest BCUT2D eigenvalue weighted by molar-refractivity contribution is -0.0638. The maximum Gasteiger partial charge on any atom is 0.187 e. The van der Waals surface area contributed by atoms with E-state index < -0.39 is 0 Å². The summed E-state index contributed by atoms with van der Waals surface area (Å²) in [5.74, 6) is 0.975. The molecular weight excluding hydrogens is 224 g/mol. The largest absolute Gasteiger partial charge is 0.250 e. The van der Waals surface area contributed by atoms with Crippen LogP contribution in [0.25, 0.3) is 0 Å². The molecule has 18 heavy (non-hydrogen) atoms. The zero-order valence-electron chi connectivity index (χ0n) is 10.7. The fourth-order valence-electron chi connectivity index (χ4n) is 2.81. The average Bonchev–Trinajstić information content (AvgIpc) is 2.64. The number of rotatable bonds is 2. The number of nitrogens with zero attached hydrogens (tertiary/aromatic N) is 1. The van der Waals surface area contributed by atoms with E-state index in [0.29, 0.717) is 0 Å². The van der Waals surface area contributed by atoms with Gasteiger partial charge in [-0.05, 0) is 31.2 Å². The molecule has 3 rings (SSSR count). The molecule has 2 aliphatic rings. The zero-order valence-corrected chi connectivity index (χ0v) is 10.7. The Morgan fingerprint density at radius 2 is 1.78 bits per heavy atom. The number of amidine groups is 1. The Kier molecular flexibility index (Phi) is 3.33. The van der Waals surface area contributed by atoms with Crippen molar-refractivity contribution in [1.29, 1.82) is 0 Å². The topological polar surface area (TPSA) is 33.6 Å². The number of hydroxylamine groups is 1. The van der Waals surface area contributed by atoms with Gasteiger partial charge in [-0.1, -0.05) is 43.2 Å². The molecular formula is C15H20N2O. The molecule has 1 aliphatic heterocycles. The van der Waals surface area contributed by atoms with Gasteiger partial charge in [0.2, 0.25) is 0 Å². The zero-order chi connectivity index (χ0) is 12.3. The summed E-state index contributed by atoms with van der Waals surface area (Å²) in [6.45, 7) is 0. The Labute approximate surface area is 108 Å². The van der Waals surface area contributed by atoms with E-state index in [4.69, 9.17) is 9.83 Å². The van der Waals surface area contributed by atoms with Crippen molar-refractivity contribution in [1.82, 2.24) is 5.48 Å². The highest BCUT2D eigenvalue weighted by Crippen LogP contribution is 2.33. The highest BCUT2D eigenvalue weighted by molar-refractivity contribution is 5.84. The summed E-state index contributed by atoms with van der Waals surface area (Å²) in [6.07, 6.45) is 8.02. The van der Waals surface area contributed by atoms with Crippen LogP contribution in [0.4, 0.5) is 0 Å². The molecule has 0 amide bonds. The van der Waals surface area contributed by atoms with Crippen molar-refractivity contribution in [3.8, 4) is 0 Å². The van der Waals surface area contributed by atoms with E-state index in [9.17, 15) is 0 Å². The molecule has 0 unspecified atom stereocenters. The standard InChI is InChI=1S/C15H20N2O/c1-2-7-11-15(10-6-1)16-14(17-18-15)12-13-8-4-3-5-9-13/h3-5,8-9H,1-2,6-7,10-12H2,(H,16,17). The Balaban J connectivity index is 1.71. The summed E-state index contributed by atoms with van der Waals surface area (Å²) in [5, 5.41) is 0. The van der Waals surface area contributed by atoms with Gasteiger partial charge in [-0.25, -0.2) is 9.83 Å². The Hall–Kier alpha value is -1.35. The molecule has 1 aromatic carbocycles. The minimum absolute atomic E-state index is 0.263. The summed E-state index contributed by atoms with van der Waals surface area (Å²) < 4.78 is 0. The predicted octanol–water partition coefficient (Wildman–Crippen LogP) is 3.21. The molecule has 1 heterocycles. The second-order valence-electron chi connectivity index (χ2n) is 5.29. The van der Waals surface area contributed by atoms with Crippen LogP contribution in [-0.4, -0.2) is 11.6 Å². The molecule has 0 bridgehead atoms. The maximum absolute atomic E-state index is 5.79. The van der Waals surface area contributed by atoms with E-state index in [1.54, 1.807) is 0 Å². The number of aliphatic imine (C=N–C) groups is 1. The van der Waals surface area contributed by atoms with E-state index in [1.807, 2.05) is 6.07 Å². The molecule has 3 nitrogen and oxygen atoms in total. The van der Waals surface area contributed by atoms with Gasteiger partial charge in [-0.3, -0.25) is 5.48 Å². The van der Waals surface area contributed by atoms with E-state index in [-0.39, 0.29) is 5.72 Å². The first-order valence-corrected chi connectivity index (χ1v) is 6.93. The summed E-state index contributed by atoms with van der Waals surface area (Å²) >= 11 is 0. The van der Waals surface area contributed by atoms with Crippen LogP contribution in [0, 0.1) is 0 Å². The molecule has 1 aromatic rings. The lowest BCUT2D eigenvalue weighted by atomic mass is 10.1. The summed E-state index contributed by atoms with van der Waals surface area (Å²) in [4.78, 5) is 10.6. The Morgan fingerprint density at radius 3 is 2.50 bits per heavy atom.